The van der Waals surface area contributed by atoms with Crippen molar-refractivity contribution in [1.29, 1.82) is 0 Å². The molecular formula is C22H25ClN2O3. The molecule has 1 aliphatic carbocycles. The third-order valence-electron chi connectivity index (χ3n) is 4.87. The molecule has 2 amide bonds. The summed E-state index contributed by atoms with van der Waals surface area (Å²) >= 11 is 5.98. The maximum Gasteiger partial charge on any atom is 0.262 e. The molecular weight excluding hydrogens is 376 g/mol. The number of rotatable bonds is 6. The Morgan fingerprint density at radius 2 is 1.79 bits per heavy atom. The second-order valence-corrected chi connectivity index (χ2v) is 7.54. The van der Waals surface area contributed by atoms with Gasteiger partial charge in [0.15, 0.2) is 6.61 Å². The highest BCUT2D eigenvalue weighted by Gasteiger charge is 2.16. The number of aryl methyl sites for hydroxylation is 1. The number of ether oxygens (including phenoxy) is 1. The van der Waals surface area contributed by atoms with E-state index >= 15 is 0 Å². The highest BCUT2D eigenvalue weighted by atomic mass is 35.5. The lowest BCUT2D eigenvalue weighted by atomic mass is 9.95. The van der Waals surface area contributed by atoms with Gasteiger partial charge in [-0.15, -0.1) is 0 Å². The van der Waals surface area contributed by atoms with Crippen LogP contribution in [0.1, 0.15) is 48.0 Å². The third-order valence-corrected chi connectivity index (χ3v) is 5.29. The minimum absolute atomic E-state index is 0.0637. The van der Waals surface area contributed by atoms with Crippen LogP contribution in [0, 0.1) is 6.92 Å². The van der Waals surface area contributed by atoms with Crippen molar-refractivity contribution in [2.45, 2.75) is 45.1 Å². The number of amides is 2. The fourth-order valence-electron chi connectivity index (χ4n) is 3.27. The van der Waals surface area contributed by atoms with Gasteiger partial charge in [0.2, 0.25) is 0 Å². The van der Waals surface area contributed by atoms with Gasteiger partial charge in [0.25, 0.3) is 11.8 Å². The van der Waals surface area contributed by atoms with Crippen molar-refractivity contribution in [2.75, 3.05) is 11.9 Å². The van der Waals surface area contributed by atoms with E-state index in [1.807, 2.05) is 6.92 Å². The van der Waals surface area contributed by atoms with Crippen LogP contribution in [0.2, 0.25) is 5.02 Å². The zero-order valence-electron chi connectivity index (χ0n) is 16.0. The van der Waals surface area contributed by atoms with Gasteiger partial charge < -0.3 is 15.4 Å². The first-order chi connectivity index (χ1) is 13.5. The van der Waals surface area contributed by atoms with Crippen LogP contribution in [0.5, 0.6) is 5.75 Å². The lowest BCUT2D eigenvalue weighted by molar-refractivity contribution is -0.118. The summed E-state index contributed by atoms with van der Waals surface area (Å²) < 4.78 is 5.49. The molecule has 5 nitrogen and oxygen atoms in total. The Bertz CT molecular complexity index is 830. The van der Waals surface area contributed by atoms with Gasteiger partial charge in [-0.1, -0.05) is 30.9 Å². The van der Waals surface area contributed by atoms with E-state index in [4.69, 9.17) is 16.3 Å². The second-order valence-electron chi connectivity index (χ2n) is 7.13. The molecule has 2 N–H and O–H groups in total. The molecule has 1 aliphatic rings. The Morgan fingerprint density at radius 1 is 1.07 bits per heavy atom. The van der Waals surface area contributed by atoms with Gasteiger partial charge in [0.05, 0.1) is 0 Å². The van der Waals surface area contributed by atoms with E-state index in [0.717, 1.165) is 18.4 Å². The van der Waals surface area contributed by atoms with Crippen molar-refractivity contribution in [2.24, 2.45) is 0 Å². The molecule has 28 heavy (non-hydrogen) atoms. The Hall–Kier alpha value is -2.53. The average molecular weight is 401 g/mol. The lowest BCUT2D eigenvalue weighted by Gasteiger charge is -2.22. The molecule has 0 bridgehead atoms. The third kappa shape index (κ3) is 5.73. The fraction of sp³-hybridized carbons (Fsp3) is 0.364. The van der Waals surface area contributed by atoms with Gasteiger partial charge in [-0.2, -0.15) is 0 Å². The highest BCUT2D eigenvalue weighted by Crippen LogP contribution is 2.21. The van der Waals surface area contributed by atoms with E-state index in [1.165, 1.54) is 19.3 Å². The van der Waals surface area contributed by atoms with Gasteiger partial charge in [-0.25, -0.2) is 0 Å². The van der Waals surface area contributed by atoms with Crippen molar-refractivity contribution >= 4 is 29.1 Å². The van der Waals surface area contributed by atoms with Crippen LogP contribution in [-0.2, 0) is 4.79 Å². The van der Waals surface area contributed by atoms with Gasteiger partial charge in [-0.3, -0.25) is 9.59 Å². The molecule has 1 fully saturated rings. The number of halogens is 1. The SMILES string of the molecule is Cc1cc(OCC(=O)Nc2ccc(C(=O)NC3CCCCC3)cc2)ccc1Cl. The summed E-state index contributed by atoms with van der Waals surface area (Å²) in [6.45, 7) is 1.77. The molecule has 0 aliphatic heterocycles. The number of hydrogen-bond acceptors (Lipinski definition) is 3. The second kappa shape index (κ2) is 9.60. The standard InChI is InChI=1S/C22H25ClN2O3/c1-15-13-19(11-12-20(15)23)28-14-21(26)24-18-9-7-16(8-10-18)22(27)25-17-5-3-2-4-6-17/h7-13,17H,2-6,14H2,1H3,(H,24,26)(H,25,27). The molecule has 0 unspecified atom stereocenters. The van der Waals surface area contributed by atoms with Gasteiger partial charge in [0, 0.05) is 22.3 Å². The molecule has 148 valence electrons. The normalized spacial score (nSPS) is 14.4. The maximum absolute atomic E-state index is 12.3. The molecule has 0 heterocycles. The molecule has 2 aromatic rings. The molecule has 0 aromatic heterocycles. The van der Waals surface area contributed by atoms with Crippen LogP contribution >= 0.6 is 11.6 Å². The largest absolute Gasteiger partial charge is 0.484 e. The Labute approximate surface area is 170 Å². The van der Waals surface area contributed by atoms with Crippen molar-refractivity contribution in [1.82, 2.24) is 5.32 Å². The monoisotopic (exact) mass is 400 g/mol. The quantitative estimate of drug-likeness (QED) is 0.736. The summed E-state index contributed by atoms with van der Waals surface area (Å²) in [7, 11) is 0. The highest BCUT2D eigenvalue weighted by molar-refractivity contribution is 6.31. The number of carbonyl (C=O) groups is 2. The van der Waals surface area contributed by atoms with Crippen molar-refractivity contribution in [3.63, 3.8) is 0 Å². The van der Waals surface area contributed by atoms with E-state index in [2.05, 4.69) is 10.6 Å². The Balaban J connectivity index is 1.48. The van der Waals surface area contributed by atoms with Crippen molar-refractivity contribution < 1.29 is 14.3 Å². The first-order valence-electron chi connectivity index (χ1n) is 9.61. The Morgan fingerprint density at radius 3 is 2.46 bits per heavy atom. The summed E-state index contributed by atoms with van der Waals surface area (Å²) in [5.74, 6) is 0.255. The van der Waals surface area contributed by atoms with E-state index in [-0.39, 0.29) is 24.5 Å². The van der Waals surface area contributed by atoms with E-state index in [0.29, 0.717) is 22.0 Å². The fourth-order valence-corrected chi connectivity index (χ4v) is 3.39. The summed E-state index contributed by atoms with van der Waals surface area (Å²) in [4.78, 5) is 24.4. The number of benzene rings is 2. The molecule has 1 saturated carbocycles. The van der Waals surface area contributed by atoms with Crippen molar-refractivity contribution in [3.8, 4) is 5.75 Å². The maximum atomic E-state index is 12.3. The number of anilines is 1. The number of hydrogen-bond donors (Lipinski definition) is 2. The summed E-state index contributed by atoms with van der Waals surface area (Å²) in [6, 6.07) is 12.4. The predicted octanol–water partition coefficient (Wildman–Crippen LogP) is 4.73. The van der Waals surface area contributed by atoms with Crippen LogP contribution in [0.15, 0.2) is 42.5 Å². The topological polar surface area (TPSA) is 67.4 Å². The Kier molecular flexibility index (Phi) is 6.93. The van der Waals surface area contributed by atoms with E-state index in [9.17, 15) is 9.59 Å². The van der Waals surface area contributed by atoms with E-state index < -0.39 is 0 Å². The first-order valence-corrected chi connectivity index (χ1v) is 9.99. The number of nitrogens with one attached hydrogen (secondary N) is 2. The smallest absolute Gasteiger partial charge is 0.262 e. The molecule has 0 saturated heterocycles. The first kappa shape index (κ1) is 20.2. The average Bonchev–Trinajstić information content (AvgIpc) is 2.70. The van der Waals surface area contributed by atoms with Gasteiger partial charge in [0.1, 0.15) is 5.75 Å². The predicted molar refractivity (Wildman–Crippen MR) is 111 cm³/mol. The minimum Gasteiger partial charge on any atom is -0.484 e. The lowest BCUT2D eigenvalue weighted by Crippen LogP contribution is -2.36. The minimum atomic E-state index is -0.271. The molecule has 0 radical (unpaired) electrons. The molecule has 0 atom stereocenters. The zero-order valence-corrected chi connectivity index (χ0v) is 16.7. The summed E-state index contributed by atoms with van der Waals surface area (Å²) in [5.41, 5.74) is 2.10. The van der Waals surface area contributed by atoms with Gasteiger partial charge >= 0.3 is 0 Å². The molecule has 3 rings (SSSR count). The molecule has 2 aromatic carbocycles. The van der Waals surface area contributed by atoms with Crippen LogP contribution in [-0.4, -0.2) is 24.5 Å². The van der Waals surface area contributed by atoms with Crippen LogP contribution in [0.3, 0.4) is 0 Å². The van der Waals surface area contributed by atoms with Crippen LogP contribution in [0.25, 0.3) is 0 Å². The van der Waals surface area contributed by atoms with E-state index in [1.54, 1.807) is 42.5 Å². The van der Waals surface area contributed by atoms with Crippen LogP contribution < -0.4 is 15.4 Å². The summed E-state index contributed by atoms with van der Waals surface area (Å²) in [5, 5.41) is 6.51. The molecule has 0 spiro atoms. The van der Waals surface area contributed by atoms with Crippen LogP contribution in [0.4, 0.5) is 5.69 Å². The molecule has 6 heteroatoms. The zero-order chi connectivity index (χ0) is 19.9. The van der Waals surface area contributed by atoms with Gasteiger partial charge in [-0.05, 0) is 67.8 Å². The van der Waals surface area contributed by atoms with Crippen molar-refractivity contribution in [3.05, 3.63) is 58.6 Å². The number of carbonyl (C=O) groups excluding carboxylic acids is 2. The summed E-state index contributed by atoms with van der Waals surface area (Å²) in [6.07, 6.45) is 5.70.